The van der Waals surface area contributed by atoms with Crippen LogP contribution in [0.2, 0.25) is 0 Å². The molecule has 2 aromatic carbocycles. The van der Waals surface area contributed by atoms with Gasteiger partial charge in [0.2, 0.25) is 0 Å². The van der Waals surface area contributed by atoms with Gasteiger partial charge < -0.3 is 5.32 Å². The zero-order valence-corrected chi connectivity index (χ0v) is 17.5. The van der Waals surface area contributed by atoms with E-state index in [1.807, 2.05) is 37.3 Å². The standard InChI is InChI=1S/C24H19F3N6/c1-15-6-2-3-7-17(15)20-12-22(33-32-21-11-10-16(13-28)14-29-21)31-23(30-20)18-8-4-5-9-19(18)24(25,26)27/h2-12,14,23,30H,1H3,(H,29,32)(H,31,33). The molecular weight excluding hydrogens is 429 g/mol. The van der Waals surface area contributed by atoms with E-state index in [1.165, 1.54) is 18.3 Å². The molecule has 6 nitrogen and oxygen atoms in total. The number of benzene rings is 2. The van der Waals surface area contributed by atoms with Crippen molar-refractivity contribution in [2.24, 2.45) is 4.99 Å². The highest BCUT2D eigenvalue weighted by molar-refractivity contribution is 6.01. The first-order chi connectivity index (χ1) is 15.8. The fraction of sp³-hybridized carbons (Fsp3) is 0.125. The number of alkyl halides is 3. The predicted octanol–water partition coefficient (Wildman–Crippen LogP) is 4.94. The molecule has 166 valence electrons. The normalized spacial score (nSPS) is 15.5. The van der Waals surface area contributed by atoms with Crippen LogP contribution in [0, 0.1) is 18.3 Å². The Hall–Kier alpha value is -4.32. The predicted molar refractivity (Wildman–Crippen MR) is 120 cm³/mol. The van der Waals surface area contributed by atoms with Gasteiger partial charge in [-0.05, 0) is 30.7 Å². The van der Waals surface area contributed by atoms with Gasteiger partial charge >= 0.3 is 6.18 Å². The molecule has 0 fully saturated rings. The third-order valence-corrected chi connectivity index (χ3v) is 5.05. The van der Waals surface area contributed by atoms with Crippen LogP contribution in [-0.2, 0) is 6.18 Å². The molecule has 9 heteroatoms. The summed E-state index contributed by atoms with van der Waals surface area (Å²) in [4.78, 5) is 8.57. The summed E-state index contributed by atoms with van der Waals surface area (Å²) in [6.45, 7) is 1.92. The number of halogens is 3. The number of hydrogen-bond donors (Lipinski definition) is 3. The first-order valence-electron chi connectivity index (χ1n) is 10.0. The number of rotatable bonds is 4. The molecule has 1 atom stereocenters. The molecule has 0 spiro atoms. The van der Waals surface area contributed by atoms with E-state index in [-0.39, 0.29) is 5.56 Å². The van der Waals surface area contributed by atoms with E-state index in [0.717, 1.165) is 17.2 Å². The van der Waals surface area contributed by atoms with Crippen LogP contribution in [0.5, 0.6) is 0 Å². The van der Waals surface area contributed by atoms with E-state index in [9.17, 15) is 13.2 Å². The van der Waals surface area contributed by atoms with Crippen LogP contribution in [0.25, 0.3) is 5.70 Å². The van der Waals surface area contributed by atoms with Gasteiger partial charge in [0.15, 0.2) is 0 Å². The highest BCUT2D eigenvalue weighted by atomic mass is 19.4. The number of aromatic nitrogens is 1. The molecular formula is C24H19F3N6. The van der Waals surface area contributed by atoms with E-state index in [1.54, 1.807) is 24.3 Å². The van der Waals surface area contributed by atoms with Crippen LogP contribution < -0.4 is 16.2 Å². The number of aryl methyl sites for hydroxylation is 1. The number of nitriles is 1. The number of nitrogens with zero attached hydrogens (tertiary/aromatic N) is 3. The van der Waals surface area contributed by atoms with Gasteiger partial charge in [0.1, 0.15) is 23.9 Å². The molecule has 3 aromatic rings. The fourth-order valence-electron chi connectivity index (χ4n) is 3.44. The van der Waals surface area contributed by atoms with Crippen molar-refractivity contribution >= 4 is 17.4 Å². The second kappa shape index (κ2) is 9.04. The number of anilines is 1. The summed E-state index contributed by atoms with van der Waals surface area (Å²) in [5.74, 6) is 0.744. The summed E-state index contributed by atoms with van der Waals surface area (Å²) in [5.41, 5.74) is 7.89. The summed E-state index contributed by atoms with van der Waals surface area (Å²) >= 11 is 0. The molecule has 0 saturated heterocycles. The third kappa shape index (κ3) is 4.96. The van der Waals surface area contributed by atoms with Crippen molar-refractivity contribution in [1.82, 2.24) is 15.7 Å². The first-order valence-corrected chi connectivity index (χ1v) is 10.0. The lowest BCUT2D eigenvalue weighted by Gasteiger charge is -2.27. The van der Waals surface area contributed by atoms with Crippen LogP contribution in [0.4, 0.5) is 19.0 Å². The minimum Gasteiger partial charge on any atom is -0.359 e. The number of aliphatic imine (C=N–C) groups is 1. The Morgan fingerprint density at radius 3 is 2.45 bits per heavy atom. The molecule has 1 aromatic heterocycles. The van der Waals surface area contributed by atoms with E-state index in [4.69, 9.17) is 5.26 Å². The van der Waals surface area contributed by atoms with Crippen molar-refractivity contribution in [2.75, 3.05) is 5.43 Å². The Morgan fingerprint density at radius 2 is 1.76 bits per heavy atom. The number of hydrogen-bond acceptors (Lipinski definition) is 6. The molecule has 2 heterocycles. The lowest BCUT2D eigenvalue weighted by Crippen LogP contribution is -2.35. The monoisotopic (exact) mass is 448 g/mol. The molecule has 1 aliphatic heterocycles. The number of amidine groups is 1. The molecule has 3 N–H and O–H groups in total. The second-order valence-corrected chi connectivity index (χ2v) is 7.31. The van der Waals surface area contributed by atoms with Crippen LogP contribution >= 0.6 is 0 Å². The second-order valence-electron chi connectivity index (χ2n) is 7.31. The van der Waals surface area contributed by atoms with Gasteiger partial charge in [-0.1, -0.05) is 42.5 Å². The van der Waals surface area contributed by atoms with Gasteiger partial charge in [0, 0.05) is 29.1 Å². The Labute approximate surface area is 188 Å². The van der Waals surface area contributed by atoms with Crippen molar-refractivity contribution < 1.29 is 13.2 Å². The Morgan fingerprint density at radius 1 is 1.00 bits per heavy atom. The maximum Gasteiger partial charge on any atom is 0.416 e. The van der Waals surface area contributed by atoms with Crippen LogP contribution in [0.15, 0.2) is 77.9 Å². The first kappa shape index (κ1) is 21.9. The molecule has 33 heavy (non-hydrogen) atoms. The van der Waals surface area contributed by atoms with Crippen molar-refractivity contribution in [2.45, 2.75) is 19.3 Å². The summed E-state index contributed by atoms with van der Waals surface area (Å²) in [5, 5.41) is 12.0. The van der Waals surface area contributed by atoms with E-state index >= 15 is 0 Å². The largest absolute Gasteiger partial charge is 0.416 e. The van der Waals surface area contributed by atoms with Crippen LogP contribution in [0.3, 0.4) is 0 Å². The molecule has 0 amide bonds. The molecule has 0 aliphatic carbocycles. The van der Waals surface area contributed by atoms with Crippen molar-refractivity contribution in [3.63, 3.8) is 0 Å². The maximum atomic E-state index is 13.7. The minimum absolute atomic E-state index is 0.0139. The highest BCUT2D eigenvalue weighted by Gasteiger charge is 2.35. The Bertz CT molecular complexity index is 1260. The lowest BCUT2D eigenvalue weighted by molar-refractivity contribution is -0.138. The molecule has 0 bridgehead atoms. The average molecular weight is 448 g/mol. The van der Waals surface area contributed by atoms with Gasteiger partial charge in [-0.25, -0.2) is 9.98 Å². The highest BCUT2D eigenvalue weighted by Crippen LogP contribution is 2.36. The SMILES string of the molecule is Cc1ccccc1C1=CC(NNc2ccc(C#N)cn2)=NC(c2ccccc2C(F)(F)F)N1. The average Bonchev–Trinajstić information content (AvgIpc) is 2.82. The van der Waals surface area contributed by atoms with Gasteiger partial charge in [-0.2, -0.15) is 18.4 Å². The summed E-state index contributed by atoms with van der Waals surface area (Å²) in [6.07, 6.45) is -2.37. The van der Waals surface area contributed by atoms with Gasteiger partial charge in [0.25, 0.3) is 0 Å². The zero-order valence-electron chi connectivity index (χ0n) is 17.5. The van der Waals surface area contributed by atoms with Crippen LogP contribution in [0.1, 0.15) is 34.0 Å². The summed E-state index contributed by atoms with van der Waals surface area (Å²) in [7, 11) is 0. The molecule has 0 radical (unpaired) electrons. The van der Waals surface area contributed by atoms with Crippen molar-refractivity contribution in [1.29, 1.82) is 5.26 Å². The topological polar surface area (TPSA) is 85.1 Å². The molecule has 1 aliphatic rings. The third-order valence-electron chi connectivity index (χ3n) is 5.05. The maximum absolute atomic E-state index is 13.7. The van der Waals surface area contributed by atoms with Gasteiger partial charge in [0.05, 0.1) is 11.1 Å². The van der Waals surface area contributed by atoms with Crippen LogP contribution in [-0.4, -0.2) is 10.8 Å². The van der Waals surface area contributed by atoms with E-state index in [0.29, 0.717) is 22.9 Å². The summed E-state index contributed by atoms with van der Waals surface area (Å²) in [6, 6.07) is 18.1. The quantitative estimate of drug-likeness (QED) is 0.493. The number of hydrazine groups is 1. The molecule has 0 saturated carbocycles. The van der Waals surface area contributed by atoms with Crippen molar-refractivity contribution in [3.05, 3.63) is 101 Å². The van der Waals surface area contributed by atoms with Gasteiger partial charge in [-0.3, -0.25) is 10.9 Å². The molecule has 4 rings (SSSR count). The zero-order chi connectivity index (χ0) is 23.4. The minimum atomic E-state index is -4.52. The molecule has 1 unspecified atom stereocenters. The van der Waals surface area contributed by atoms with E-state index in [2.05, 4.69) is 26.1 Å². The Balaban J connectivity index is 1.69. The number of pyridine rings is 1. The smallest absolute Gasteiger partial charge is 0.359 e. The summed E-state index contributed by atoms with van der Waals surface area (Å²) < 4.78 is 41.0. The fourth-order valence-corrected chi connectivity index (χ4v) is 3.44. The lowest BCUT2D eigenvalue weighted by atomic mass is 10.0. The van der Waals surface area contributed by atoms with E-state index < -0.39 is 17.9 Å². The number of nitrogens with one attached hydrogen (secondary N) is 3. The van der Waals surface area contributed by atoms with Crippen molar-refractivity contribution in [3.8, 4) is 6.07 Å². The Kier molecular flexibility index (Phi) is 6.00. The van der Waals surface area contributed by atoms with Gasteiger partial charge in [-0.15, -0.1) is 0 Å².